The maximum absolute atomic E-state index is 10.8. The van der Waals surface area contributed by atoms with Gasteiger partial charge in [0, 0.05) is 20.8 Å². The fourth-order valence-corrected chi connectivity index (χ4v) is 2.08. The van der Waals surface area contributed by atoms with Crippen LogP contribution in [0, 0.1) is 0 Å². The second-order valence-electron chi connectivity index (χ2n) is 3.48. The molecule has 0 aliphatic carbocycles. The Bertz CT molecular complexity index is 602. The number of halogens is 2. The predicted octanol–water partition coefficient (Wildman–Crippen LogP) is 4.05. The third-order valence-corrected chi connectivity index (χ3v) is 3.37. The molecule has 4 nitrogen and oxygen atoms in total. The van der Waals surface area contributed by atoms with E-state index in [2.05, 4.69) is 42.2 Å². The number of anilines is 2. The third-order valence-electron chi connectivity index (χ3n) is 2.19. The van der Waals surface area contributed by atoms with Crippen LogP contribution in [0.15, 0.2) is 45.5 Å². The quantitative estimate of drug-likeness (QED) is 0.854. The van der Waals surface area contributed by atoms with Gasteiger partial charge in [0.15, 0.2) is 0 Å². The van der Waals surface area contributed by atoms with E-state index in [1.54, 1.807) is 6.07 Å². The fraction of sp³-hybridized carbons (Fsp3) is 0. The highest BCUT2D eigenvalue weighted by Crippen LogP contribution is 2.28. The summed E-state index contributed by atoms with van der Waals surface area (Å²) in [6.45, 7) is 0. The number of nitrogens with one attached hydrogen (secondary N) is 1. The minimum atomic E-state index is -1.05. The Labute approximate surface area is 120 Å². The first-order valence-corrected chi connectivity index (χ1v) is 6.56. The summed E-state index contributed by atoms with van der Waals surface area (Å²) in [5.41, 5.74) is 1.51. The molecule has 1 aromatic heterocycles. The molecular formula is C12H8Br2N2O2. The number of carboxylic acid groups (broad SMARTS) is 1. The molecule has 0 aliphatic rings. The molecule has 2 rings (SSSR count). The van der Waals surface area contributed by atoms with Gasteiger partial charge in [-0.1, -0.05) is 15.9 Å². The minimum Gasteiger partial charge on any atom is -0.477 e. The van der Waals surface area contributed by atoms with Crippen LogP contribution in [0.2, 0.25) is 0 Å². The number of carbonyl (C=O) groups is 1. The molecule has 6 heteroatoms. The van der Waals surface area contributed by atoms with Crippen molar-refractivity contribution in [3.05, 3.63) is 51.2 Å². The van der Waals surface area contributed by atoms with E-state index in [4.69, 9.17) is 5.11 Å². The lowest BCUT2D eigenvalue weighted by atomic mass is 10.2. The molecule has 18 heavy (non-hydrogen) atoms. The predicted molar refractivity (Wildman–Crippen MR) is 76.3 cm³/mol. The van der Waals surface area contributed by atoms with E-state index in [0.29, 0.717) is 5.69 Å². The molecule has 0 saturated carbocycles. The van der Waals surface area contributed by atoms with E-state index in [1.807, 2.05) is 18.2 Å². The van der Waals surface area contributed by atoms with Gasteiger partial charge in [-0.25, -0.2) is 9.78 Å². The lowest BCUT2D eigenvalue weighted by Crippen LogP contribution is -2.01. The average molecular weight is 372 g/mol. The summed E-state index contributed by atoms with van der Waals surface area (Å²) in [6.07, 6.45) is 1.46. The molecule has 1 aromatic carbocycles. The van der Waals surface area contributed by atoms with E-state index in [1.165, 1.54) is 12.3 Å². The first-order valence-electron chi connectivity index (χ1n) is 4.97. The fourth-order valence-electron chi connectivity index (χ4n) is 1.37. The Morgan fingerprint density at radius 2 is 2.00 bits per heavy atom. The van der Waals surface area contributed by atoms with Crippen molar-refractivity contribution in [3.63, 3.8) is 0 Å². The van der Waals surface area contributed by atoms with Crippen LogP contribution in [0.5, 0.6) is 0 Å². The number of hydrogen-bond donors (Lipinski definition) is 2. The zero-order chi connectivity index (χ0) is 13.1. The Kier molecular flexibility index (Phi) is 3.98. The zero-order valence-electron chi connectivity index (χ0n) is 9.02. The van der Waals surface area contributed by atoms with Gasteiger partial charge in [-0.15, -0.1) is 0 Å². The molecule has 1 heterocycles. The van der Waals surface area contributed by atoms with E-state index in [0.717, 1.165) is 14.6 Å². The molecule has 0 atom stereocenters. The summed E-state index contributed by atoms with van der Waals surface area (Å²) in [5, 5.41) is 12.0. The number of hydrogen-bond acceptors (Lipinski definition) is 3. The molecule has 0 radical (unpaired) electrons. The van der Waals surface area contributed by atoms with Crippen LogP contribution in [-0.2, 0) is 0 Å². The van der Waals surface area contributed by atoms with E-state index >= 15 is 0 Å². The molecule has 0 unspecified atom stereocenters. The van der Waals surface area contributed by atoms with Crippen molar-refractivity contribution in [1.29, 1.82) is 0 Å². The van der Waals surface area contributed by atoms with Gasteiger partial charge in [0.05, 0.1) is 5.69 Å². The van der Waals surface area contributed by atoms with Crippen molar-refractivity contribution >= 4 is 49.2 Å². The Morgan fingerprint density at radius 3 is 2.72 bits per heavy atom. The molecular weight excluding hydrogens is 364 g/mol. The first-order chi connectivity index (χ1) is 8.56. The molecule has 0 fully saturated rings. The zero-order valence-corrected chi connectivity index (χ0v) is 12.2. The van der Waals surface area contributed by atoms with Crippen LogP contribution < -0.4 is 5.32 Å². The van der Waals surface area contributed by atoms with Gasteiger partial charge < -0.3 is 10.4 Å². The monoisotopic (exact) mass is 370 g/mol. The van der Waals surface area contributed by atoms with Crippen LogP contribution >= 0.6 is 31.9 Å². The molecule has 0 aliphatic heterocycles. The SMILES string of the molecule is O=C(O)c1cc(Nc2cc(Br)ccc2Br)ccn1. The molecule has 2 aromatic rings. The van der Waals surface area contributed by atoms with Crippen molar-refractivity contribution in [2.45, 2.75) is 0 Å². The maximum Gasteiger partial charge on any atom is 0.354 e. The van der Waals surface area contributed by atoms with E-state index < -0.39 is 5.97 Å². The number of pyridine rings is 1. The maximum atomic E-state index is 10.8. The normalized spacial score (nSPS) is 10.1. The molecule has 92 valence electrons. The molecule has 0 spiro atoms. The molecule has 0 amide bonds. The van der Waals surface area contributed by atoms with Crippen molar-refractivity contribution < 1.29 is 9.90 Å². The Balaban J connectivity index is 2.31. The second-order valence-corrected chi connectivity index (χ2v) is 5.25. The summed E-state index contributed by atoms with van der Waals surface area (Å²) >= 11 is 6.80. The number of carboxylic acids is 1. The highest BCUT2D eigenvalue weighted by molar-refractivity contribution is 9.11. The minimum absolute atomic E-state index is 0.00567. The highest BCUT2D eigenvalue weighted by Gasteiger charge is 2.06. The second kappa shape index (κ2) is 5.49. The standard InChI is InChI=1S/C12H8Br2N2O2/c13-7-1-2-9(14)10(5-7)16-8-3-4-15-11(6-8)12(17)18/h1-6H,(H,15,16)(H,17,18). The summed E-state index contributed by atoms with van der Waals surface area (Å²) in [4.78, 5) is 14.6. The number of aromatic nitrogens is 1. The van der Waals surface area contributed by atoms with Crippen LogP contribution in [0.3, 0.4) is 0 Å². The lowest BCUT2D eigenvalue weighted by Gasteiger charge is -2.09. The van der Waals surface area contributed by atoms with Gasteiger partial charge in [-0.3, -0.25) is 0 Å². The van der Waals surface area contributed by atoms with Gasteiger partial charge >= 0.3 is 5.97 Å². The van der Waals surface area contributed by atoms with Crippen molar-refractivity contribution in [2.75, 3.05) is 5.32 Å². The van der Waals surface area contributed by atoms with Crippen LogP contribution in [-0.4, -0.2) is 16.1 Å². The third kappa shape index (κ3) is 3.08. The van der Waals surface area contributed by atoms with Gasteiger partial charge in [-0.2, -0.15) is 0 Å². The van der Waals surface area contributed by atoms with E-state index in [-0.39, 0.29) is 5.69 Å². The Morgan fingerprint density at radius 1 is 1.22 bits per heavy atom. The van der Waals surface area contributed by atoms with Crippen molar-refractivity contribution in [3.8, 4) is 0 Å². The van der Waals surface area contributed by atoms with Crippen LogP contribution in [0.1, 0.15) is 10.5 Å². The largest absolute Gasteiger partial charge is 0.477 e. The summed E-state index contributed by atoms with van der Waals surface area (Å²) in [6, 6.07) is 8.89. The summed E-state index contributed by atoms with van der Waals surface area (Å²) in [5.74, 6) is -1.05. The van der Waals surface area contributed by atoms with Crippen LogP contribution in [0.4, 0.5) is 11.4 Å². The summed E-state index contributed by atoms with van der Waals surface area (Å²) < 4.78 is 1.82. The van der Waals surface area contributed by atoms with Gasteiger partial charge in [0.1, 0.15) is 5.69 Å². The molecule has 2 N–H and O–H groups in total. The number of rotatable bonds is 3. The number of aromatic carboxylic acids is 1. The van der Waals surface area contributed by atoms with Gasteiger partial charge in [-0.05, 0) is 46.3 Å². The highest BCUT2D eigenvalue weighted by atomic mass is 79.9. The van der Waals surface area contributed by atoms with Crippen LogP contribution in [0.25, 0.3) is 0 Å². The van der Waals surface area contributed by atoms with Gasteiger partial charge in [0.25, 0.3) is 0 Å². The van der Waals surface area contributed by atoms with Gasteiger partial charge in [0.2, 0.25) is 0 Å². The lowest BCUT2D eigenvalue weighted by molar-refractivity contribution is 0.0690. The number of nitrogens with zero attached hydrogens (tertiary/aromatic N) is 1. The summed E-state index contributed by atoms with van der Waals surface area (Å²) in [7, 11) is 0. The topological polar surface area (TPSA) is 62.2 Å². The smallest absolute Gasteiger partial charge is 0.354 e. The first kappa shape index (κ1) is 13.0. The van der Waals surface area contributed by atoms with Crippen molar-refractivity contribution in [1.82, 2.24) is 4.98 Å². The average Bonchev–Trinajstić information content (AvgIpc) is 2.34. The van der Waals surface area contributed by atoms with Crippen molar-refractivity contribution in [2.24, 2.45) is 0 Å². The molecule has 0 bridgehead atoms. The van der Waals surface area contributed by atoms with E-state index in [9.17, 15) is 4.79 Å². The number of benzene rings is 1. The Hall–Kier alpha value is -1.40. The molecule has 0 saturated heterocycles.